The van der Waals surface area contributed by atoms with Gasteiger partial charge in [0, 0.05) is 6.04 Å². The number of unbranched alkanes of at least 4 members (excludes halogenated alkanes) is 1. The Labute approximate surface area is 110 Å². The number of nitrogens with two attached hydrogens (primary N) is 1. The fraction of sp³-hybridized carbons (Fsp3) is 0.500. The minimum Gasteiger partial charge on any atom is -0.504 e. The van der Waals surface area contributed by atoms with Crippen LogP contribution in [0.1, 0.15) is 37.8 Å². The van der Waals surface area contributed by atoms with E-state index in [-0.39, 0.29) is 11.8 Å². The molecule has 0 spiro atoms. The van der Waals surface area contributed by atoms with Crippen molar-refractivity contribution in [3.63, 3.8) is 0 Å². The molecule has 1 unspecified atom stereocenters. The molecule has 1 rings (SSSR count). The highest BCUT2D eigenvalue weighted by Crippen LogP contribution is 2.34. The maximum absolute atomic E-state index is 9.71. The molecule has 1 aromatic rings. The van der Waals surface area contributed by atoms with Gasteiger partial charge >= 0.3 is 0 Å². The Bertz CT molecular complexity index is 355. The maximum atomic E-state index is 9.71. The molecule has 0 aliphatic carbocycles. The summed E-state index contributed by atoms with van der Waals surface area (Å²) in [6, 6.07) is 3.75. The maximum Gasteiger partial charge on any atom is 0.171 e. The Balaban J connectivity index is 2.92. The summed E-state index contributed by atoms with van der Waals surface area (Å²) in [6.45, 7) is 2.15. The normalized spacial score (nSPS) is 12.5. The molecule has 4 heteroatoms. The Morgan fingerprint density at radius 1 is 1.50 bits per heavy atom. The van der Waals surface area contributed by atoms with Crippen LogP contribution in [0.5, 0.6) is 11.5 Å². The number of phenolic OH excluding ortho intramolecular Hbond substituents is 1. The minimum absolute atomic E-state index is 0.0166. The molecule has 16 heavy (non-hydrogen) atoms. The van der Waals surface area contributed by atoms with E-state index < -0.39 is 0 Å². The first-order chi connectivity index (χ1) is 7.60. The van der Waals surface area contributed by atoms with Gasteiger partial charge in [0.2, 0.25) is 0 Å². The minimum atomic E-state index is 0.0166. The van der Waals surface area contributed by atoms with Crippen LogP contribution in [0.2, 0.25) is 0 Å². The number of hydrogen-bond donors (Lipinski definition) is 2. The molecule has 3 nitrogen and oxygen atoms in total. The summed E-state index contributed by atoms with van der Waals surface area (Å²) in [4.78, 5) is 0. The van der Waals surface area contributed by atoms with Crippen molar-refractivity contribution in [3.8, 4) is 11.5 Å². The number of ether oxygens (including phenoxy) is 1. The van der Waals surface area contributed by atoms with Gasteiger partial charge in [-0.2, -0.15) is 0 Å². The Morgan fingerprint density at radius 2 is 2.19 bits per heavy atom. The molecule has 0 fully saturated rings. The summed E-state index contributed by atoms with van der Waals surface area (Å²) in [6.07, 6.45) is 3.21. The van der Waals surface area contributed by atoms with Gasteiger partial charge in [-0.25, -0.2) is 0 Å². The molecule has 0 heterocycles. The quantitative estimate of drug-likeness (QED) is 0.813. The molecule has 0 saturated carbocycles. The van der Waals surface area contributed by atoms with E-state index >= 15 is 0 Å². The predicted molar refractivity (Wildman–Crippen MR) is 73.8 cm³/mol. The summed E-state index contributed by atoms with van der Waals surface area (Å²) < 4.78 is 5.89. The topological polar surface area (TPSA) is 55.5 Å². The Hall–Kier alpha value is -0.490. The fourth-order valence-corrected chi connectivity index (χ4v) is 2.18. The molecule has 0 aliphatic rings. The molecule has 0 aromatic heterocycles. The van der Waals surface area contributed by atoms with Gasteiger partial charge in [-0.15, -0.1) is 0 Å². The smallest absolute Gasteiger partial charge is 0.171 e. The number of hydrogen-bond acceptors (Lipinski definition) is 3. The standard InChI is InChI=1S/C12H18INO2/c1-3-4-5-10(14)8-6-9(13)12(15)11(7-8)16-2/h6-7,10,15H,3-5,14H2,1-2H3. The highest BCUT2D eigenvalue weighted by molar-refractivity contribution is 14.1. The van der Waals surface area contributed by atoms with Gasteiger partial charge in [-0.05, 0) is 46.7 Å². The lowest BCUT2D eigenvalue weighted by atomic mass is 10.0. The lowest BCUT2D eigenvalue weighted by Crippen LogP contribution is -2.10. The third kappa shape index (κ3) is 3.25. The fourth-order valence-electron chi connectivity index (χ4n) is 1.55. The zero-order valence-corrected chi connectivity index (χ0v) is 11.8. The zero-order chi connectivity index (χ0) is 12.1. The van der Waals surface area contributed by atoms with Crippen LogP contribution in [-0.2, 0) is 0 Å². The van der Waals surface area contributed by atoms with Gasteiger partial charge in [0.25, 0.3) is 0 Å². The lowest BCUT2D eigenvalue weighted by Gasteiger charge is -2.14. The van der Waals surface area contributed by atoms with Gasteiger partial charge in [0.05, 0.1) is 10.7 Å². The predicted octanol–water partition coefficient (Wildman–Crippen LogP) is 3.20. The van der Waals surface area contributed by atoms with Gasteiger partial charge < -0.3 is 15.6 Å². The van der Waals surface area contributed by atoms with Crippen LogP contribution >= 0.6 is 22.6 Å². The van der Waals surface area contributed by atoms with Gasteiger partial charge in [0.1, 0.15) is 0 Å². The third-order valence-corrected chi connectivity index (χ3v) is 3.39. The average Bonchev–Trinajstić information content (AvgIpc) is 2.29. The van der Waals surface area contributed by atoms with Crippen LogP contribution in [0.15, 0.2) is 12.1 Å². The molecule has 0 amide bonds. The van der Waals surface area contributed by atoms with Crippen LogP contribution in [0, 0.1) is 3.57 Å². The van der Waals surface area contributed by atoms with E-state index in [1.807, 2.05) is 12.1 Å². The number of phenols is 1. The summed E-state index contributed by atoms with van der Waals surface area (Å²) >= 11 is 2.08. The van der Waals surface area contributed by atoms with Crippen LogP contribution in [0.25, 0.3) is 0 Å². The molecular weight excluding hydrogens is 317 g/mol. The summed E-state index contributed by atoms with van der Waals surface area (Å²) in [5.74, 6) is 0.684. The molecule has 3 N–H and O–H groups in total. The van der Waals surface area contributed by atoms with Crippen LogP contribution < -0.4 is 10.5 Å². The first-order valence-electron chi connectivity index (χ1n) is 5.42. The van der Waals surface area contributed by atoms with Crippen molar-refractivity contribution in [3.05, 3.63) is 21.3 Å². The molecule has 0 bridgehead atoms. The number of benzene rings is 1. The molecule has 1 atom stereocenters. The lowest BCUT2D eigenvalue weighted by molar-refractivity contribution is 0.370. The van der Waals surface area contributed by atoms with E-state index in [9.17, 15) is 5.11 Å². The van der Waals surface area contributed by atoms with Crippen molar-refractivity contribution < 1.29 is 9.84 Å². The first-order valence-corrected chi connectivity index (χ1v) is 6.50. The van der Waals surface area contributed by atoms with Crippen LogP contribution in [-0.4, -0.2) is 12.2 Å². The van der Waals surface area contributed by atoms with Crippen molar-refractivity contribution in [1.82, 2.24) is 0 Å². The van der Waals surface area contributed by atoms with E-state index in [1.165, 1.54) is 0 Å². The van der Waals surface area contributed by atoms with Crippen molar-refractivity contribution >= 4 is 22.6 Å². The molecule has 0 radical (unpaired) electrons. The van der Waals surface area contributed by atoms with Crippen LogP contribution in [0.4, 0.5) is 0 Å². The van der Waals surface area contributed by atoms with Crippen LogP contribution in [0.3, 0.4) is 0 Å². The number of halogens is 1. The van der Waals surface area contributed by atoms with E-state index in [0.717, 1.165) is 28.4 Å². The zero-order valence-electron chi connectivity index (χ0n) is 9.66. The van der Waals surface area contributed by atoms with Gasteiger partial charge in [-0.1, -0.05) is 19.8 Å². The summed E-state index contributed by atoms with van der Waals surface area (Å²) in [5, 5.41) is 9.71. The summed E-state index contributed by atoms with van der Waals surface area (Å²) in [5.41, 5.74) is 7.10. The van der Waals surface area contributed by atoms with Crippen molar-refractivity contribution in [1.29, 1.82) is 0 Å². The van der Waals surface area contributed by atoms with Crippen molar-refractivity contribution in [2.45, 2.75) is 32.2 Å². The second-order valence-electron chi connectivity index (χ2n) is 3.80. The monoisotopic (exact) mass is 335 g/mol. The molecule has 1 aromatic carbocycles. The van der Waals surface area contributed by atoms with Crippen molar-refractivity contribution in [2.75, 3.05) is 7.11 Å². The summed E-state index contributed by atoms with van der Waals surface area (Å²) in [7, 11) is 1.55. The third-order valence-electron chi connectivity index (χ3n) is 2.57. The highest BCUT2D eigenvalue weighted by Gasteiger charge is 2.12. The van der Waals surface area contributed by atoms with Gasteiger partial charge in [-0.3, -0.25) is 0 Å². The Kier molecular flexibility index (Phi) is 5.34. The average molecular weight is 335 g/mol. The van der Waals surface area contributed by atoms with E-state index in [4.69, 9.17) is 10.5 Å². The van der Waals surface area contributed by atoms with Crippen molar-refractivity contribution in [2.24, 2.45) is 5.73 Å². The highest BCUT2D eigenvalue weighted by atomic mass is 127. The number of aromatic hydroxyl groups is 1. The Morgan fingerprint density at radius 3 is 2.75 bits per heavy atom. The molecule has 0 aliphatic heterocycles. The van der Waals surface area contributed by atoms with Gasteiger partial charge in [0.15, 0.2) is 11.5 Å². The molecular formula is C12H18INO2. The number of rotatable bonds is 5. The molecule has 0 saturated heterocycles. The second kappa shape index (κ2) is 6.30. The molecule has 90 valence electrons. The SMILES string of the molecule is CCCCC(N)c1cc(I)c(O)c(OC)c1. The van der Waals surface area contributed by atoms with E-state index in [0.29, 0.717) is 5.75 Å². The second-order valence-corrected chi connectivity index (χ2v) is 4.96. The van der Waals surface area contributed by atoms with E-state index in [2.05, 4.69) is 29.5 Å². The largest absolute Gasteiger partial charge is 0.504 e. The van der Waals surface area contributed by atoms with E-state index in [1.54, 1.807) is 7.11 Å². The first kappa shape index (κ1) is 13.6. The number of methoxy groups -OCH3 is 1.